The summed E-state index contributed by atoms with van der Waals surface area (Å²) >= 11 is 0. The second-order valence-electron chi connectivity index (χ2n) is 3.94. The van der Waals surface area contributed by atoms with Gasteiger partial charge < -0.3 is 15.2 Å². The minimum Gasteiger partial charge on any atom is -0.496 e. The number of rotatable bonds is 6. The highest BCUT2D eigenvalue weighted by atomic mass is 16.5. The zero-order valence-electron chi connectivity index (χ0n) is 10.3. The van der Waals surface area contributed by atoms with E-state index in [2.05, 4.69) is 5.32 Å². The lowest BCUT2D eigenvalue weighted by Gasteiger charge is -2.14. The SMILES string of the molecule is COc1ccccc1C(=O)NC(C)CCCO. The number of carbonyl (C=O) groups excluding carboxylic acids is 1. The molecule has 0 radical (unpaired) electrons. The number of hydrogen-bond acceptors (Lipinski definition) is 3. The number of hydrogen-bond donors (Lipinski definition) is 2. The van der Waals surface area contributed by atoms with Gasteiger partial charge in [-0.3, -0.25) is 4.79 Å². The first kappa shape index (κ1) is 13.5. The summed E-state index contributed by atoms with van der Waals surface area (Å²) in [5.74, 6) is 0.423. The summed E-state index contributed by atoms with van der Waals surface area (Å²) in [5, 5.41) is 11.6. The van der Waals surface area contributed by atoms with Crippen LogP contribution in [0.25, 0.3) is 0 Å². The highest BCUT2D eigenvalue weighted by Crippen LogP contribution is 2.17. The summed E-state index contributed by atoms with van der Waals surface area (Å²) in [6, 6.07) is 7.15. The van der Waals surface area contributed by atoms with E-state index in [1.54, 1.807) is 25.3 Å². The molecule has 1 unspecified atom stereocenters. The predicted octanol–water partition coefficient (Wildman–Crippen LogP) is 1.59. The molecule has 1 atom stereocenters. The van der Waals surface area contributed by atoms with Gasteiger partial charge in [-0.25, -0.2) is 0 Å². The number of amides is 1. The van der Waals surface area contributed by atoms with Crippen molar-refractivity contribution in [1.82, 2.24) is 5.32 Å². The van der Waals surface area contributed by atoms with Gasteiger partial charge in [0, 0.05) is 12.6 Å². The second-order valence-corrected chi connectivity index (χ2v) is 3.94. The Labute approximate surface area is 102 Å². The molecule has 0 aromatic heterocycles. The smallest absolute Gasteiger partial charge is 0.255 e. The first-order valence-electron chi connectivity index (χ1n) is 5.73. The van der Waals surface area contributed by atoms with Crippen LogP contribution in [0.1, 0.15) is 30.1 Å². The van der Waals surface area contributed by atoms with Gasteiger partial charge in [0.15, 0.2) is 0 Å². The topological polar surface area (TPSA) is 58.6 Å². The van der Waals surface area contributed by atoms with Crippen LogP contribution in [0, 0.1) is 0 Å². The fourth-order valence-electron chi connectivity index (χ4n) is 1.60. The molecular weight excluding hydrogens is 218 g/mol. The van der Waals surface area contributed by atoms with E-state index in [1.807, 2.05) is 13.0 Å². The Hall–Kier alpha value is -1.55. The summed E-state index contributed by atoms with van der Waals surface area (Å²) in [7, 11) is 1.54. The van der Waals surface area contributed by atoms with Gasteiger partial charge >= 0.3 is 0 Å². The van der Waals surface area contributed by atoms with Crippen LogP contribution in [0.4, 0.5) is 0 Å². The lowest BCUT2D eigenvalue weighted by atomic mass is 10.1. The van der Waals surface area contributed by atoms with E-state index in [-0.39, 0.29) is 18.6 Å². The standard InChI is InChI=1S/C13H19NO3/c1-10(6-5-9-15)14-13(16)11-7-3-4-8-12(11)17-2/h3-4,7-8,10,15H,5-6,9H2,1-2H3,(H,14,16). The third kappa shape index (κ3) is 4.07. The van der Waals surface area contributed by atoms with Gasteiger partial charge in [-0.05, 0) is 31.9 Å². The molecule has 1 aromatic carbocycles. The van der Waals surface area contributed by atoms with Gasteiger partial charge in [-0.1, -0.05) is 12.1 Å². The van der Waals surface area contributed by atoms with Crippen LogP contribution in [0.2, 0.25) is 0 Å². The largest absolute Gasteiger partial charge is 0.496 e. The monoisotopic (exact) mass is 237 g/mol. The molecule has 0 spiro atoms. The zero-order chi connectivity index (χ0) is 12.7. The van der Waals surface area contributed by atoms with Crippen LogP contribution in [0.3, 0.4) is 0 Å². The van der Waals surface area contributed by atoms with Crippen LogP contribution in [0.15, 0.2) is 24.3 Å². The van der Waals surface area contributed by atoms with E-state index in [1.165, 1.54) is 0 Å². The van der Waals surface area contributed by atoms with Crippen molar-refractivity contribution < 1.29 is 14.6 Å². The van der Waals surface area contributed by atoms with Crippen molar-refractivity contribution in [2.45, 2.75) is 25.8 Å². The highest BCUT2D eigenvalue weighted by molar-refractivity contribution is 5.97. The number of carbonyl (C=O) groups is 1. The first-order valence-corrected chi connectivity index (χ1v) is 5.73. The van der Waals surface area contributed by atoms with Crippen LogP contribution >= 0.6 is 0 Å². The second kappa shape index (κ2) is 6.91. The van der Waals surface area contributed by atoms with Crippen molar-refractivity contribution in [3.05, 3.63) is 29.8 Å². The average Bonchev–Trinajstić information content (AvgIpc) is 2.36. The van der Waals surface area contributed by atoms with Gasteiger partial charge in [0.2, 0.25) is 0 Å². The Morgan fingerprint density at radius 1 is 1.47 bits per heavy atom. The molecule has 0 heterocycles. The molecule has 1 aromatic rings. The molecule has 4 nitrogen and oxygen atoms in total. The van der Waals surface area contributed by atoms with E-state index in [4.69, 9.17) is 9.84 Å². The lowest BCUT2D eigenvalue weighted by Crippen LogP contribution is -2.32. The quantitative estimate of drug-likeness (QED) is 0.790. The summed E-state index contributed by atoms with van der Waals surface area (Å²) < 4.78 is 5.13. The minimum atomic E-state index is -0.145. The molecule has 1 amide bonds. The fourth-order valence-corrected chi connectivity index (χ4v) is 1.60. The first-order chi connectivity index (χ1) is 8.19. The highest BCUT2D eigenvalue weighted by Gasteiger charge is 2.13. The predicted molar refractivity (Wildman–Crippen MR) is 66.2 cm³/mol. The molecule has 0 saturated heterocycles. The maximum Gasteiger partial charge on any atom is 0.255 e. The molecule has 0 aliphatic rings. The maximum atomic E-state index is 11.9. The molecule has 0 aliphatic carbocycles. The van der Waals surface area contributed by atoms with Gasteiger partial charge in [-0.15, -0.1) is 0 Å². The molecule has 94 valence electrons. The Kier molecular flexibility index (Phi) is 5.49. The van der Waals surface area contributed by atoms with E-state index in [0.29, 0.717) is 17.7 Å². The molecule has 4 heteroatoms. The number of aliphatic hydroxyl groups is 1. The number of ether oxygens (including phenoxy) is 1. The maximum absolute atomic E-state index is 11.9. The Bertz CT molecular complexity index is 365. The minimum absolute atomic E-state index is 0.0413. The van der Waals surface area contributed by atoms with E-state index in [0.717, 1.165) is 6.42 Å². The molecule has 1 rings (SSSR count). The van der Waals surface area contributed by atoms with Crippen molar-refractivity contribution in [1.29, 1.82) is 0 Å². The van der Waals surface area contributed by atoms with Crippen LogP contribution in [0.5, 0.6) is 5.75 Å². The fraction of sp³-hybridized carbons (Fsp3) is 0.462. The van der Waals surface area contributed by atoms with E-state index >= 15 is 0 Å². The molecular formula is C13H19NO3. The summed E-state index contributed by atoms with van der Waals surface area (Å²) in [4.78, 5) is 11.9. The zero-order valence-corrected chi connectivity index (χ0v) is 10.3. The number of benzene rings is 1. The normalized spacial score (nSPS) is 11.9. The number of para-hydroxylation sites is 1. The van der Waals surface area contributed by atoms with Crippen LogP contribution in [-0.2, 0) is 0 Å². The Morgan fingerprint density at radius 2 is 2.18 bits per heavy atom. The molecule has 0 fully saturated rings. The third-order valence-electron chi connectivity index (χ3n) is 2.52. The number of methoxy groups -OCH3 is 1. The van der Waals surface area contributed by atoms with Crippen molar-refractivity contribution in [3.63, 3.8) is 0 Å². The van der Waals surface area contributed by atoms with Crippen molar-refractivity contribution in [3.8, 4) is 5.75 Å². The summed E-state index contributed by atoms with van der Waals surface area (Å²) in [6.07, 6.45) is 1.45. The van der Waals surface area contributed by atoms with Crippen molar-refractivity contribution in [2.75, 3.05) is 13.7 Å². The number of nitrogens with one attached hydrogen (secondary N) is 1. The van der Waals surface area contributed by atoms with Gasteiger partial charge in [0.05, 0.1) is 12.7 Å². The van der Waals surface area contributed by atoms with E-state index in [9.17, 15) is 4.79 Å². The van der Waals surface area contributed by atoms with Gasteiger partial charge in [0.1, 0.15) is 5.75 Å². The van der Waals surface area contributed by atoms with Crippen molar-refractivity contribution >= 4 is 5.91 Å². The molecule has 17 heavy (non-hydrogen) atoms. The molecule has 2 N–H and O–H groups in total. The molecule has 0 saturated carbocycles. The average molecular weight is 237 g/mol. The Balaban J connectivity index is 2.63. The number of aliphatic hydroxyl groups excluding tert-OH is 1. The van der Waals surface area contributed by atoms with E-state index < -0.39 is 0 Å². The summed E-state index contributed by atoms with van der Waals surface area (Å²) in [6.45, 7) is 2.07. The molecule has 0 bridgehead atoms. The summed E-state index contributed by atoms with van der Waals surface area (Å²) in [5.41, 5.74) is 0.533. The van der Waals surface area contributed by atoms with Gasteiger partial charge in [0.25, 0.3) is 5.91 Å². The van der Waals surface area contributed by atoms with Gasteiger partial charge in [-0.2, -0.15) is 0 Å². The Morgan fingerprint density at radius 3 is 2.82 bits per heavy atom. The third-order valence-corrected chi connectivity index (χ3v) is 2.52. The van der Waals surface area contributed by atoms with Crippen LogP contribution < -0.4 is 10.1 Å². The molecule has 0 aliphatic heterocycles. The lowest BCUT2D eigenvalue weighted by molar-refractivity contribution is 0.0933. The van der Waals surface area contributed by atoms with Crippen LogP contribution in [-0.4, -0.2) is 30.8 Å². The van der Waals surface area contributed by atoms with Crippen molar-refractivity contribution in [2.24, 2.45) is 0 Å².